The Morgan fingerprint density at radius 3 is 2.58 bits per heavy atom. The van der Waals surface area contributed by atoms with Gasteiger partial charge in [0, 0.05) is 24.2 Å². The van der Waals surface area contributed by atoms with Gasteiger partial charge in [-0.1, -0.05) is 26.7 Å². The van der Waals surface area contributed by atoms with Crippen LogP contribution in [0, 0.1) is 12.3 Å². The predicted octanol–water partition coefficient (Wildman–Crippen LogP) is 1.80. The van der Waals surface area contributed by atoms with E-state index in [0.717, 1.165) is 17.1 Å². The highest BCUT2D eigenvalue weighted by Crippen LogP contribution is 2.31. The average molecular weight is 257 g/mol. The Kier molecular flexibility index (Phi) is 3.11. The molecule has 0 saturated carbocycles. The molecule has 2 N–H and O–H groups in total. The van der Waals surface area contributed by atoms with Gasteiger partial charge in [-0.2, -0.15) is 5.10 Å². The zero-order valence-electron chi connectivity index (χ0n) is 11.8. The first kappa shape index (κ1) is 13.2. The number of rotatable bonds is 2. The molecule has 2 aromatic heterocycles. The SMILES string of the molecule is C#CCn1c(C(C)(C)C)nc(-c2cnn(C)c2)c1N. The van der Waals surface area contributed by atoms with Crippen LogP contribution in [0.5, 0.6) is 0 Å². The number of nitrogens with zero attached hydrogens (tertiary/aromatic N) is 4. The Morgan fingerprint density at radius 1 is 1.42 bits per heavy atom. The number of hydrogen-bond acceptors (Lipinski definition) is 3. The van der Waals surface area contributed by atoms with Crippen molar-refractivity contribution in [3.05, 3.63) is 18.2 Å². The molecular formula is C14H19N5. The summed E-state index contributed by atoms with van der Waals surface area (Å²) in [5.74, 6) is 4.11. The molecule has 0 aliphatic rings. The summed E-state index contributed by atoms with van der Waals surface area (Å²) < 4.78 is 3.62. The third-order valence-electron chi connectivity index (χ3n) is 2.91. The zero-order chi connectivity index (χ0) is 14.2. The molecule has 0 bridgehead atoms. The molecule has 2 aromatic rings. The largest absolute Gasteiger partial charge is 0.383 e. The molecule has 2 rings (SSSR count). The Morgan fingerprint density at radius 2 is 2.11 bits per heavy atom. The fourth-order valence-corrected chi connectivity index (χ4v) is 2.05. The minimum absolute atomic E-state index is 0.120. The van der Waals surface area contributed by atoms with Crippen molar-refractivity contribution in [2.75, 3.05) is 5.73 Å². The van der Waals surface area contributed by atoms with E-state index in [2.05, 4.69) is 36.8 Å². The lowest BCUT2D eigenvalue weighted by molar-refractivity contribution is 0.517. The number of aromatic nitrogens is 4. The smallest absolute Gasteiger partial charge is 0.132 e. The van der Waals surface area contributed by atoms with Crippen molar-refractivity contribution in [3.63, 3.8) is 0 Å². The Labute approximate surface area is 113 Å². The lowest BCUT2D eigenvalue weighted by Gasteiger charge is -2.18. The van der Waals surface area contributed by atoms with Crippen molar-refractivity contribution in [3.8, 4) is 23.6 Å². The standard InChI is InChI=1S/C14H19N5/c1-6-7-19-12(15)11(10-8-16-18(5)9-10)17-13(19)14(2,3)4/h1,8-9H,7,15H2,2-5H3. The van der Waals surface area contributed by atoms with Gasteiger partial charge >= 0.3 is 0 Å². The summed E-state index contributed by atoms with van der Waals surface area (Å²) in [4.78, 5) is 4.67. The van der Waals surface area contributed by atoms with Gasteiger partial charge in [-0.05, 0) is 0 Å². The van der Waals surface area contributed by atoms with E-state index in [1.54, 1.807) is 10.9 Å². The van der Waals surface area contributed by atoms with Crippen LogP contribution in [0.4, 0.5) is 5.82 Å². The highest BCUT2D eigenvalue weighted by molar-refractivity contribution is 5.70. The van der Waals surface area contributed by atoms with Crippen LogP contribution in [-0.4, -0.2) is 19.3 Å². The second kappa shape index (κ2) is 4.47. The summed E-state index contributed by atoms with van der Waals surface area (Å²) >= 11 is 0. The fraction of sp³-hybridized carbons (Fsp3) is 0.429. The highest BCUT2D eigenvalue weighted by Gasteiger charge is 2.25. The number of nitrogens with two attached hydrogens (primary N) is 1. The molecule has 0 aliphatic heterocycles. The van der Waals surface area contributed by atoms with Gasteiger partial charge in [0.1, 0.15) is 17.3 Å². The van der Waals surface area contributed by atoms with E-state index in [1.165, 1.54) is 0 Å². The van der Waals surface area contributed by atoms with Gasteiger partial charge < -0.3 is 10.3 Å². The van der Waals surface area contributed by atoms with E-state index >= 15 is 0 Å². The van der Waals surface area contributed by atoms with E-state index < -0.39 is 0 Å². The van der Waals surface area contributed by atoms with E-state index in [1.807, 2.05) is 17.8 Å². The molecule has 5 nitrogen and oxygen atoms in total. The van der Waals surface area contributed by atoms with Crippen LogP contribution in [-0.2, 0) is 19.0 Å². The van der Waals surface area contributed by atoms with E-state index in [0.29, 0.717) is 12.4 Å². The van der Waals surface area contributed by atoms with Crippen molar-refractivity contribution >= 4 is 5.82 Å². The molecule has 0 unspecified atom stereocenters. The quantitative estimate of drug-likeness (QED) is 0.834. The van der Waals surface area contributed by atoms with Crippen molar-refractivity contribution in [2.45, 2.75) is 32.7 Å². The van der Waals surface area contributed by atoms with Crippen LogP contribution in [0.25, 0.3) is 11.3 Å². The lowest BCUT2D eigenvalue weighted by atomic mass is 9.95. The van der Waals surface area contributed by atoms with Gasteiger partial charge in [0.25, 0.3) is 0 Å². The van der Waals surface area contributed by atoms with Gasteiger partial charge in [-0.3, -0.25) is 4.68 Å². The van der Waals surface area contributed by atoms with Gasteiger partial charge in [0.2, 0.25) is 0 Å². The third kappa shape index (κ3) is 2.34. The van der Waals surface area contributed by atoms with Gasteiger partial charge in [0.05, 0.1) is 12.7 Å². The van der Waals surface area contributed by atoms with Crippen molar-refractivity contribution in [1.29, 1.82) is 0 Å². The molecule has 100 valence electrons. The second-order valence-electron chi connectivity index (χ2n) is 5.61. The number of terminal acetylenes is 1. The number of imidazole rings is 1. The van der Waals surface area contributed by atoms with Crippen LogP contribution in [0.15, 0.2) is 12.4 Å². The van der Waals surface area contributed by atoms with Crippen LogP contribution in [0.3, 0.4) is 0 Å². The highest BCUT2D eigenvalue weighted by atomic mass is 15.2. The minimum atomic E-state index is -0.120. The maximum Gasteiger partial charge on any atom is 0.132 e. The molecule has 5 heteroatoms. The lowest BCUT2D eigenvalue weighted by Crippen LogP contribution is -2.19. The molecule has 0 aliphatic carbocycles. The number of nitrogen functional groups attached to an aromatic ring is 1. The van der Waals surface area contributed by atoms with Crippen LogP contribution in [0.2, 0.25) is 0 Å². The molecule has 0 aromatic carbocycles. The summed E-state index contributed by atoms with van der Waals surface area (Å²) in [6, 6.07) is 0. The average Bonchev–Trinajstić information content (AvgIpc) is 2.84. The molecular weight excluding hydrogens is 238 g/mol. The number of aryl methyl sites for hydroxylation is 1. The fourth-order valence-electron chi connectivity index (χ4n) is 2.05. The zero-order valence-corrected chi connectivity index (χ0v) is 11.8. The minimum Gasteiger partial charge on any atom is -0.383 e. The predicted molar refractivity (Wildman–Crippen MR) is 76.4 cm³/mol. The summed E-state index contributed by atoms with van der Waals surface area (Å²) in [6.07, 6.45) is 9.07. The summed E-state index contributed by atoms with van der Waals surface area (Å²) in [5.41, 5.74) is 7.72. The summed E-state index contributed by atoms with van der Waals surface area (Å²) in [6.45, 7) is 6.70. The Bertz CT molecular complexity index is 634. The monoisotopic (exact) mass is 257 g/mol. The van der Waals surface area contributed by atoms with Gasteiger partial charge in [-0.25, -0.2) is 4.98 Å². The van der Waals surface area contributed by atoms with E-state index in [9.17, 15) is 0 Å². The topological polar surface area (TPSA) is 61.7 Å². The van der Waals surface area contributed by atoms with Crippen LogP contribution in [0.1, 0.15) is 26.6 Å². The molecule has 0 saturated heterocycles. The van der Waals surface area contributed by atoms with E-state index in [4.69, 9.17) is 12.2 Å². The Balaban J connectivity index is 2.62. The first-order valence-corrected chi connectivity index (χ1v) is 6.13. The number of anilines is 1. The molecule has 0 atom stereocenters. The van der Waals surface area contributed by atoms with Gasteiger partial charge in [0.15, 0.2) is 0 Å². The van der Waals surface area contributed by atoms with Crippen molar-refractivity contribution in [1.82, 2.24) is 19.3 Å². The summed E-state index contributed by atoms with van der Waals surface area (Å²) in [5, 5.41) is 4.15. The maximum atomic E-state index is 6.20. The molecule has 19 heavy (non-hydrogen) atoms. The summed E-state index contributed by atoms with van der Waals surface area (Å²) in [7, 11) is 1.86. The molecule has 0 amide bonds. The molecule has 0 spiro atoms. The van der Waals surface area contributed by atoms with Crippen molar-refractivity contribution in [2.24, 2.45) is 7.05 Å². The first-order valence-electron chi connectivity index (χ1n) is 6.13. The normalized spacial score (nSPS) is 11.5. The van der Waals surface area contributed by atoms with Gasteiger partial charge in [-0.15, -0.1) is 6.42 Å². The first-order chi connectivity index (χ1) is 8.84. The van der Waals surface area contributed by atoms with Crippen LogP contribution < -0.4 is 5.73 Å². The molecule has 0 radical (unpaired) electrons. The molecule has 2 heterocycles. The second-order valence-corrected chi connectivity index (χ2v) is 5.61. The maximum absolute atomic E-state index is 6.20. The third-order valence-corrected chi connectivity index (χ3v) is 2.91. The van der Waals surface area contributed by atoms with E-state index in [-0.39, 0.29) is 5.41 Å². The van der Waals surface area contributed by atoms with Crippen molar-refractivity contribution < 1.29 is 0 Å². The number of hydrogen-bond donors (Lipinski definition) is 1. The Hall–Kier alpha value is -2.22. The van der Waals surface area contributed by atoms with Crippen LogP contribution >= 0.6 is 0 Å². The molecule has 0 fully saturated rings.